The van der Waals surface area contributed by atoms with Crippen LogP contribution in [0.5, 0.6) is 0 Å². The van der Waals surface area contributed by atoms with Crippen molar-refractivity contribution in [3.8, 4) is 0 Å². The average Bonchev–Trinajstić information content (AvgIpc) is 2.67. The molecule has 2 heterocycles. The predicted molar refractivity (Wildman–Crippen MR) is 53.8 cm³/mol. The summed E-state index contributed by atoms with van der Waals surface area (Å²) in [6, 6.07) is 0.838. The molecule has 2 heteroatoms. The van der Waals surface area contributed by atoms with Crippen molar-refractivity contribution in [3.63, 3.8) is 0 Å². The summed E-state index contributed by atoms with van der Waals surface area (Å²) in [7, 11) is 0. The van der Waals surface area contributed by atoms with Gasteiger partial charge in [0.15, 0.2) is 0 Å². The molecular formula is C11H21NO. The molecule has 2 saturated heterocycles. The fraction of sp³-hybridized carbons (Fsp3) is 1.00. The lowest BCUT2D eigenvalue weighted by Gasteiger charge is -2.31. The van der Waals surface area contributed by atoms with Gasteiger partial charge in [-0.3, -0.25) is 4.90 Å². The molecule has 2 rings (SSSR count). The number of nitrogens with zero attached hydrogens (tertiary/aromatic N) is 1. The Kier molecular flexibility index (Phi) is 3.23. The normalized spacial score (nSPS) is 32.5. The highest BCUT2D eigenvalue weighted by molar-refractivity contribution is 4.82. The lowest BCUT2D eigenvalue weighted by Crippen LogP contribution is -2.37. The fourth-order valence-corrected chi connectivity index (χ4v) is 2.58. The van der Waals surface area contributed by atoms with Crippen LogP contribution in [0.1, 0.15) is 32.6 Å². The van der Waals surface area contributed by atoms with Crippen molar-refractivity contribution >= 4 is 0 Å². The van der Waals surface area contributed by atoms with Crippen LogP contribution in [0.4, 0.5) is 0 Å². The summed E-state index contributed by atoms with van der Waals surface area (Å²) in [5, 5.41) is 0. The second-order valence-electron chi connectivity index (χ2n) is 4.40. The molecule has 0 spiro atoms. The number of likely N-dealkylation sites (tertiary alicyclic amines) is 1. The van der Waals surface area contributed by atoms with Crippen molar-refractivity contribution in [3.05, 3.63) is 0 Å². The van der Waals surface area contributed by atoms with Crippen LogP contribution in [-0.4, -0.2) is 37.2 Å². The Morgan fingerprint density at radius 3 is 2.62 bits per heavy atom. The second-order valence-corrected chi connectivity index (χ2v) is 4.40. The highest BCUT2D eigenvalue weighted by Crippen LogP contribution is 2.24. The molecule has 76 valence electrons. The quantitative estimate of drug-likeness (QED) is 0.648. The maximum absolute atomic E-state index is 5.39. The third-order valence-electron chi connectivity index (χ3n) is 3.60. The minimum atomic E-state index is 0.838. The summed E-state index contributed by atoms with van der Waals surface area (Å²) < 4.78 is 5.39. The van der Waals surface area contributed by atoms with E-state index in [1.807, 2.05) is 0 Å². The Hall–Kier alpha value is -0.0800. The van der Waals surface area contributed by atoms with Gasteiger partial charge in [-0.1, -0.05) is 13.3 Å². The topological polar surface area (TPSA) is 12.5 Å². The van der Waals surface area contributed by atoms with Crippen LogP contribution in [-0.2, 0) is 4.74 Å². The Balaban J connectivity index is 1.80. The van der Waals surface area contributed by atoms with Crippen molar-refractivity contribution in [1.29, 1.82) is 0 Å². The number of hydrogen-bond acceptors (Lipinski definition) is 2. The van der Waals surface area contributed by atoms with Crippen LogP contribution in [0, 0.1) is 5.92 Å². The molecule has 0 amide bonds. The first kappa shape index (κ1) is 9.47. The molecule has 0 aromatic heterocycles. The van der Waals surface area contributed by atoms with Gasteiger partial charge in [0.2, 0.25) is 0 Å². The zero-order chi connectivity index (χ0) is 9.10. The van der Waals surface area contributed by atoms with Gasteiger partial charge in [0, 0.05) is 25.8 Å². The van der Waals surface area contributed by atoms with Gasteiger partial charge in [-0.2, -0.15) is 0 Å². The molecule has 0 aromatic rings. The Labute approximate surface area is 81.3 Å². The number of ether oxygens (including phenoxy) is 1. The minimum Gasteiger partial charge on any atom is -0.381 e. The van der Waals surface area contributed by atoms with E-state index in [0.29, 0.717) is 0 Å². The molecule has 0 bridgehead atoms. The third kappa shape index (κ3) is 2.23. The molecular weight excluding hydrogens is 162 g/mol. The van der Waals surface area contributed by atoms with E-state index in [-0.39, 0.29) is 0 Å². The summed E-state index contributed by atoms with van der Waals surface area (Å²) >= 11 is 0. The zero-order valence-electron chi connectivity index (χ0n) is 8.67. The Morgan fingerprint density at radius 1 is 1.23 bits per heavy atom. The first-order valence-corrected chi connectivity index (χ1v) is 5.72. The molecule has 13 heavy (non-hydrogen) atoms. The van der Waals surface area contributed by atoms with E-state index in [4.69, 9.17) is 4.74 Å². The van der Waals surface area contributed by atoms with E-state index < -0.39 is 0 Å². The largest absolute Gasteiger partial charge is 0.381 e. The van der Waals surface area contributed by atoms with E-state index in [1.165, 1.54) is 38.8 Å². The first-order chi connectivity index (χ1) is 6.40. The van der Waals surface area contributed by atoms with Crippen LogP contribution >= 0.6 is 0 Å². The SMILES string of the molecule is CC[C@H]1CCN(C2CCOCC2)C1. The molecule has 0 radical (unpaired) electrons. The first-order valence-electron chi connectivity index (χ1n) is 5.72. The van der Waals surface area contributed by atoms with Crippen LogP contribution < -0.4 is 0 Å². The van der Waals surface area contributed by atoms with Crippen LogP contribution in [0.15, 0.2) is 0 Å². The maximum Gasteiger partial charge on any atom is 0.0480 e. The summed E-state index contributed by atoms with van der Waals surface area (Å²) in [5.74, 6) is 0.975. The molecule has 0 N–H and O–H groups in total. The molecule has 1 atom stereocenters. The van der Waals surface area contributed by atoms with Gasteiger partial charge in [-0.25, -0.2) is 0 Å². The van der Waals surface area contributed by atoms with E-state index in [2.05, 4.69) is 11.8 Å². The van der Waals surface area contributed by atoms with Crippen molar-refractivity contribution in [2.24, 2.45) is 5.92 Å². The Morgan fingerprint density at radius 2 is 2.00 bits per heavy atom. The lowest BCUT2D eigenvalue weighted by atomic mass is 10.1. The summed E-state index contributed by atoms with van der Waals surface area (Å²) in [5.41, 5.74) is 0. The maximum atomic E-state index is 5.39. The van der Waals surface area contributed by atoms with Crippen molar-refractivity contribution < 1.29 is 4.74 Å². The summed E-state index contributed by atoms with van der Waals surface area (Å²) in [4.78, 5) is 2.69. The van der Waals surface area contributed by atoms with Crippen molar-refractivity contribution in [2.45, 2.75) is 38.6 Å². The second kappa shape index (κ2) is 4.43. The van der Waals surface area contributed by atoms with Crippen molar-refractivity contribution in [2.75, 3.05) is 26.3 Å². The molecule has 2 aliphatic rings. The lowest BCUT2D eigenvalue weighted by molar-refractivity contribution is 0.0411. The smallest absolute Gasteiger partial charge is 0.0480 e. The van der Waals surface area contributed by atoms with Crippen LogP contribution in [0.25, 0.3) is 0 Å². The average molecular weight is 183 g/mol. The minimum absolute atomic E-state index is 0.838. The highest BCUT2D eigenvalue weighted by Gasteiger charge is 2.28. The Bertz CT molecular complexity index is 154. The molecule has 0 saturated carbocycles. The molecule has 2 aliphatic heterocycles. The van der Waals surface area contributed by atoms with E-state index in [0.717, 1.165) is 25.2 Å². The molecule has 2 fully saturated rings. The fourth-order valence-electron chi connectivity index (χ4n) is 2.58. The van der Waals surface area contributed by atoms with E-state index >= 15 is 0 Å². The zero-order valence-corrected chi connectivity index (χ0v) is 8.67. The van der Waals surface area contributed by atoms with Gasteiger partial charge in [-0.05, 0) is 31.7 Å². The molecule has 2 nitrogen and oxygen atoms in total. The van der Waals surface area contributed by atoms with E-state index in [9.17, 15) is 0 Å². The number of rotatable bonds is 2. The molecule has 0 unspecified atom stereocenters. The van der Waals surface area contributed by atoms with Gasteiger partial charge in [0.25, 0.3) is 0 Å². The monoisotopic (exact) mass is 183 g/mol. The van der Waals surface area contributed by atoms with Crippen LogP contribution in [0.3, 0.4) is 0 Å². The van der Waals surface area contributed by atoms with Gasteiger partial charge in [0.05, 0.1) is 0 Å². The number of hydrogen-bond donors (Lipinski definition) is 0. The summed E-state index contributed by atoms with van der Waals surface area (Å²) in [6.07, 6.45) is 5.31. The third-order valence-corrected chi connectivity index (χ3v) is 3.60. The summed E-state index contributed by atoms with van der Waals surface area (Å²) in [6.45, 7) is 6.97. The standard InChI is InChI=1S/C11H21NO/c1-2-10-3-6-12(9-10)11-4-7-13-8-5-11/h10-11H,2-9H2,1H3/t10-/m0/s1. The highest BCUT2D eigenvalue weighted by atomic mass is 16.5. The van der Waals surface area contributed by atoms with Gasteiger partial charge in [-0.15, -0.1) is 0 Å². The predicted octanol–water partition coefficient (Wildman–Crippen LogP) is 1.90. The van der Waals surface area contributed by atoms with Gasteiger partial charge in [0.1, 0.15) is 0 Å². The molecule has 0 aliphatic carbocycles. The van der Waals surface area contributed by atoms with Crippen molar-refractivity contribution in [1.82, 2.24) is 4.90 Å². The molecule has 0 aromatic carbocycles. The van der Waals surface area contributed by atoms with E-state index in [1.54, 1.807) is 0 Å². The van der Waals surface area contributed by atoms with Gasteiger partial charge >= 0.3 is 0 Å². The van der Waals surface area contributed by atoms with Crippen LogP contribution in [0.2, 0.25) is 0 Å². The van der Waals surface area contributed by atoms with Gasteiger partial charge < -0.3 is 4.74 Å².